The van der Waals surface area contributed by atoms with Gasteiger partial charge in [0.15, 0.2) is 0 Å². The van der Waals surface area contributed by atoms with Gasteiger partial charge in [0.1, 0.15) is 29.4 Å². The van der Waals surface area contributed by atoms with E-state index >= 15 is 0 Å². The van der Waals surface area contributed by atoms with E-state index in [4.69, 9.17) is 4.84 Å². The summed E-state index contributed by atoms with van der Waals surface area (Å²) in [5.74, 6) is -4.11. The lowest BCUT2D eigenvalue weighted by atomic mass is 10.0. The summed E-state index contributed by atoms with van der Waals surface area (Å²) in [5.41, 5.74) is 3.37. The highest BCUT2D eigenvalue weighted by Gasteiger charge is 2.62. The maximum atomic E-state index is 14.5. The van der Waals surface area contributed by atoms with Crippen molar-refractivity contribution in [2.45, 2.75) is 74.9 Å². The zero-order valence-electron chi connectivity index (χ0n) is 30.1. The van der Waals surface area contributed by atoms with Crippen LogP contribution in [0.1, 0.15) is 56.2 Å². The number of hydrogen-bond acceptors (Lipinski definition) is 9. The third-order valence-corrected chi connectivity index (χ3v) is 12.5. The van der Waals surface area contributed by atoms with Crippen molar-refractivity contribution in [2.24, 2.45) is 17.0 Å². The van der Waals surface area contributed by atoms with E-state index in [0.29, 0.717) is 29.2 Å². The minimum atomic E-state index is -3.92. The van der Waals surface area contributed by atoms with Crippen molar-refractivity contribution in [2.75, 3.05) is 6.54 Å². The van der Waals surface area contributed by atoms with E-state index in [2.05, 4.69) is 21.8 Å². The number of benzene rings is 3. The first-order valence-corrected chi connectivity index (χ1v) is 19.7. The number of fused-ring (bicyclic) bond motifs is 3. The van der Waals surface area contributed by atoms with E-state index in [0.717, 1.165) is 22.3 Å². The van der Waals surface area contributed by atoms with Gasteiger partial charge in [-0.2, -0.15) is 0 Å². The Labute approximate surface area is 314 Å². The highest BCUT2D eigenvalue weighted by atomic mass is 32.2. The molecule has 3 aromatic carbocycles. The van der Waals surface area contributed by atoms with E-state index in [-0.39, 0.29) is 25.8 Å². The van der Waals surface area contributed by atoms with Crippen molar-refractivity contribution < 1.29 is 37.6 Å². The molecule has 1 aliphatic heterocycles. The standard InChI is InChI=1S/C40H43N5O8S/c1-4-26-22-40(26,39(49)43-54(51,52)28-18-19-28)41-37(47)33-21-27(53-42-35-31-16-10-8-14-29(31)30-15-9-11-17-32(30)35)23-44(33)38(48)36(24(2)3)45(50)34(46)20-25-12-6-5-7-13-25/h4-17,24,26-28,33,36,50H,1,18-23H2,2-3H3,(H,41,47)(H,43,49)/t26-,27-,33+,36-,40+/m1/s1. The quantitative estimate of drug-likeness (QED) is 0.106. The van der Waals surface area contributed by atoms with Crippen LogP contribution in [0.25, 0.3) is 11.1 Å². The molecule has 54 heavy (non-hydrogen) atoms. The molecule has 5 atom stereocenters. The average Bonchev–Trinajstić information content (AvgIpc) is 4.07. The average molecular weight is 754 g/mol. The van der Waals surface area contributed by atoms with Gasteiger partial charge in [0.05, 0.1) is 18.2 Å². The Morgan fingerprint density at radius 3 is 2.13 bits per heavy atom. The molecule has 3 fully saturated rings. The number of amides is 4. The van der Waals surface area contributed by atoms with Gasteiger partial charge in [0.2, 0.25) is 21.8 Å². The molecule has 3 aromatic rings. The van der Waals surface area contributed by atoms with Crippen LogP contribution in [0, 0.1) is 11.8 Å². The molecule has 1 saturated heterocycles. The normalized spacial score (nSPS) is 23.1. The molecule has 14 heteroatoms. The SMILES string of the molecule is C=C[C@@H]1C[C@@]1(NC(=O)[C@@H]1C[C@@H](ON=C2c3ccccc3-c3ccccc32)CN1C(=O)[C@@H](C(C)C)N(O)C(=O)Cc1ccccc1)C(=O)NS(=O)(=O)C1CC1. The monoisotopic (exact) mass is 753 g/mol. The van der Waals surface area contributed by atoms with Crippen molar-refractivity contribution in [3.63, 3.8) is 0 Å². The van der Waals surface area contributed by atoms with Crippen LogP contribution in [-0.2, 0) is 40.5 Å². The van der Waals surface area contributed by atoms with E-state index in [9.17, 15) is 32.8 Å². The maximum absolute atomic E-state index is 14.5. The maximum Gasteiger partial charge on any atom is 0.259 e. The minimum Gasteiger partial charge on any atom is -0.390 e. The number of hydroxylamine groups is 2. The number of likely N-dealkylation sites (tertiary alicyclic amines) is 1. The number of nitrogens with zero attached hydrogens (tertiary/aromatic N) is 3. The van der Waals surface area contributed by atoms with Crippen LogP contribution in [-0.4, -0.2) is 88.4 Å². The molecule has 0 spiro atoms. The largest absolute Gasteiger partial charge is 0.390 e. The number of hydrogen-bond donors (Lipinski definition) is 3. The molecule has 2 saturated carbocycles. The second-order valence-corrected chi connectivity index (χ2v) is 16.7. The van der Waals surface area contributed by atoms with Gasteiger partial charge in [0, 0.05) is 23.5 Å². The number of oxime groups is 1. The summed E-state index contributed by atoms with van der Waals surface area (Å²) in [6, 6.07) is 21.8. The molecule has 1 heterocycles. The Kier molecular flexibility index (Phi) is 9.92. The number of carbonyl (C=O) groups excluding carboxylic acids is 4. The van der Waals surface area contributed by atoms with Gasteiger partial charge < -0.3 is 15.1 Å². The molecule has 13 nitrogen and oxygen atoms in total. The summed E-state index contributed by atoms with van der Waals surface area (Å²) in [5, 5.41) is 18.3. The lowest BCUT2D eigenvalue weighted by Gasteiger charge is -2.34. The van der Waals surface area contributed by atoms with Crippen molar-refractivity contribution >= 4 is 39.4 Å². The fraction of sp³-hybridized carbons (Fsp3) is 0.375. The molecule has 282 valence electrons. The molecule has 0 unspecified atom stereocenters. The Bertz CT molecular complexity index is 2090. The van der Waals surface area contributed by atoms with Crippen LogP contribution in [0.2, 0.25) is 0 Å². The number of carbonyl (C=O) groups is 4. The number of nitrogens with one attached hydrogen (secondary N) is 2. The second kappa shape index (κ2) is 14.5. The molecule has 0 aromatic heterocycles. The molecular weight excluding hydrogens is 711 g/mol. The van der Waals surface area contributed by atoms with Crippen LogP contribution in [0.3, 0.4) is 0 Å². The van der Waals surface area contributed by atoms with Crippen LogP contribution < -0.4 is 10.0 Å². The Morgan fingerprint density at radius 1 is 0.981 bits per heavy atom. The molecule has 3 N–H and O–H groups in total. The van der Waals surface area contributed by atoms with Gasteiger partial charge in [-0.3, -0.25) is 29.1 Å². The highest BCUT2D eigenvalue weighted by molar-refractivity contribution is 7.91. The fourth-order valence-corrected chi connectivity index (χ4v) is 8.82. The fourth-order valence-electron chi connectivity index (χ4n) is 7.45. The van der Waals surface area contributed by atoms with Crippen LogP contribution >= 0.6 is 0 Å². The number of rotatable bonds is 13. The van der Waals surface area contributed by atoms with Gasteiger partial charge in [-0.25, -0.2) is 13.5 Å². The van der Waals surface area contributed by atoms with Gasteiger partial charge in [-0.15, -0.1) is 6.58 Å². The zero-order valence-corrected chi connectivity index (χ0v) is 30.9. The van der Waals surface area contributed by atoms with Crippen LogP contribution in [0.5, 0.6) is 0 Å². The van der Waals surface area contributed by atoms with Crippen molar-refractivity contribution in [1.29, 1.82) is 0 Å². The summed E-state index contributed by atoms with van der Waals surface area (Å²) in [6.07, 6.45) is 1.50. The Morgan fingerprint density at radius 2 is 1.57 bits per heavy atom. The van der Waals surface area contributed by atoms with Crippen molar-refractivity contribution in [3.8, 4) is 11.1 Å². The Balaban J connectivity index is 1.16. The van der Waals surface area contributed by atoms with Crippen LogP contribution in [0.4, 0.5) is 0 Å². The molecule has 3 aliphatic carbocycles. The lowest BCUT2D eigenvalue weighted by molar-refractivity contribution is -0.187. The molecule has 4 amide bonds. The third kappa shape index (κ3) is 7.03. The Hall–Kier alpha value is -5.34. The molecule has 4 aliphatic rings. The summed E-state index contributed by atoms with van der Waals surface area (Å²) in [4.78, 5) is 62.9. The van der Waals surface area contributed by atoms with Crippen molar-refractivity contribution in [3.05, 3.63) is 108 Å². The van der Waals surface area contributed by atoms with Crippen molar-refractivity contribution in [1.82, 2.24) is 20.0 Å². The van der Waals surface area contributed by atoms with E-state index in [1.54, 1.807) is 44.2 Å². The second-order valence-electron chi connectivity index (χ2n) is 14.8. The van der Waals surface area contributed by atoms with Gasteiger partial charge >= 0.3 is 0 Å². The smallest absolute Gasteiger partial charge is 0.259 e. The third-order valence-electron chi connectivity index (χ3n) is 10.6. The molecular formula is C40H43N5O8S. The van der Waals surface area contributed by atoms with Gasteiger partial charge in [-0.05, 0) is 41.9 Å². The topological polar surface area (TPSA) is 175 Å². The predicted molar refractivity (Wildman–Crippen MR) is 199 cm³/mol. The first-order chi connectivity index (χ1) is 25.8. The molecule has 7 rings (SSSR count). The first kappa shape index (κ1) is 37.0. The van der Waals surface area contributed by atoms with E-state index in [1.165, 1.54) is 11.0 Å². The van der Waals surface area contributed by atoms with Crippen LogP contribution in [0.15, 0.2) is 96.7 Å². The first-order valence-electron chi connectivity index (χ1n) is 18.1. The summed E-state index contributed by atoms with van der Waals surface area (Å²) < 4.78 is 27.5. The highest BCUT2D eigenvalue weighted by Crippen LogP contribution is 2.45. The van der Waals surface area contributed by atoms with Gasteiger partial charge in [0.25, 0.3) is 11.8 Å². The molecule has 0 radical (unpaired) electrons. The predicted octanol–water partition coefficient (Wildman–Crippen LogP) is 3.56. The summed E-state index contributed by atoms with van der Waals surface area (Å²) in [7, 11) is -3.92. The summed E-state index contributed by atoms with van der Waals surface area (Å²) in [6.45, 7) is 7.00. The molecule has 0 bridgehead atoms. The summed E-state index contributed by atoms with van der Waals surface area (Å²) >= 11 is 0. The van der Waals surface area contributed by atoms with Gasteiger partial charge in [-0.1, -0.05) is 104 Å². The minimum absolute atomic E-state index is 0.0390. The zero-order chi connectivity index (χ0) is 38.4. The van der Waals surface area contributed by atoms with E-state index < -0.39 is 74.5 Å². The van der Waals surface area contributed by atoms with E-state index in [1.807, 2.05) is 48.5 Å². The lowest BCUT2D eigenvalue weighted by Crippen LogP contribution is -2.59. The number of sulfonamides is 1.